The highest BCUT2D eigenvalue weighted by Gasteiger charge is 2.36. The second-order valence-corrected chi connectivity index (χ2v) is 6.85. The summed E-state index contributed by atoms with van der Waals surface area (Å²) in [4.78, 5) is 0. The summed E-state index contributed by atoms with van der Waals surface area (Å²) in [5.41, 5.74) is 0. The summed E-state index contributed by atoms with van der Waals surface area (Å²) >= 11 is 3.13. The Morgan fingerprint density at radius 3 is 1.83 bits per heavy atom. The summed E-state index contributed by atoms with van der Waals surface area (Å²) in [5, 5.41) is 38.3. The molecule has 0 radical (unpaired) electrons. The Morgan fingerprint density at radius 1 is 1.00 bits per heavy atom. The van der Waals surface area contributed by atoms with Crippen molar-refractivity contribution in [2.45, 2.75) is 42.8 Å². The quantitative estimate of drug-likeness (QED) is 0.419. The molecule has 0 heterocycles. The standard InChI is InChI=1S/C11H24O5S2/c1-4-17-11(18-5-2)9(15)10(16-3)8(14)7(13)6-12/h7-15H,4-6H2,1-3H3/t7-,8-,9-,10+/m1/s1. The van der Waals surface area contributed by atoms with Crippen LogP contribution in [0.2, 0.25) is 0 Å². The summed E-state index contributed by atoms with van der Waals surface area (Å²) < 4.78 is 4.94. The third-order valence-electron chi connectivity index (χ3n) is 2.47. The maximum atomic E-state index is 10.2. The van der Waals surface area contributed by atoms with Crippen LogP contribution in [0.5, 0.6) is 0 Å². The van der Waals surface area contributed by atoms with E-state index >= 15 is 0 Å². The van der Waals surface area contributed by atoms with Gasteiger partial charge in [-0.1, -0.05) is 13.8 Å². The molecule has 7 heteroatoms. The van der Waals surface area contributed by atoms with Gasteiger partial charge in [0.05, 0.1) is 11.2 Å². The molecule has 0 aliphatic carbocycles. The van der Waals surface area contributed by atoms with Crippen molar-refractivity contribution in [3.8, 4) is 0 Å². The first-order valence-corrected chi connectivity index (χ1v) is 8.04. The van der Waals surface area contributed by atoms with E-state index < -0.39 is 31.0 Å². The van der Waals surface area contributed by atoms with E-state index in [0.717, 1.165) is 11.5 Å². The number of methoxy groups -OCH3 is 1. The van der Waals surface area contributed by atoms with Crippen LogP contribution in [0, 0.1) is 0 Å². The zero-order valence-corrected chi connectivity index (χ0v) is 12.7. The molecule has 18 heavy (non-hydrogen) atoms. The lowest BCUT2D eigenvalue weighted by Crippen LogP contribution is -2.49. The van der Waals surface area contributed by atoms with Gasteiger partial charge in [0.15, 0.2) is 0 Å². The molecule has 0 aromatic heterocycles. The predicted octanol–water partition coefficient (Wildman–Crippen LogP) is -0.0913. The average Bonchev–Trinajstić information content (AvgIpc) is 2.37. The molecule has 0 bridgehead atoms. The number of rotatable bonds is 10. The van der Waals surface area contributed by atoms with Crippen molar-refractivity contribution in [1.29, 1.82) is 0 Å². The Morgan fingerprint density at radius 2 is 1.50 bits per heavy atom. The lowest BCUT2D eigenvalue weighted by Gasteiger charge is -2.32. The molecule has 0 spiro atoms. The molecule has 0 aromatic carbocycles. The second kappa shape index (κ2) is 10.3. The van der Waals surface area contributed by atoms with Crippen molar-refractivity contribution in [3.05, 3.63) is 0 Å². The van der Waals surface area contributed by atoms with Crippen LogP contribution in [0.3, 0.4) is 0 Å². The molecule has 110 valence electrons. The lowest BCUT2D eigenvalue weighted by molar-refractivity contribution is -0.125. The Kier molecular flexibility index (Phi) is 10.6. The summed E-state index contributed by atoms with van der Waals surface area (Å²) in [6, 6.07) is 0. The maximum absolute atomic E-state index is 10.2. The van der Waals surface area contributed by atoms with Crippen LogP contribution in [-0.2, 0) is 4.74 Å². The number of thioether (sulfide) groups is 2. The zero-order valence-electron chi connectivity index (χ0n) is 11.0. The van der Waals surface area contributed by atoms with Crippen LogP contribution in [-0.4, -0.2) is 74.6 Å². The Balaban J connectivity index is 4.68. The highest BCUT2D eigenvalue weighted by Crippen LogP contribution is 2.30. The van der Waals surface area contributed by atoms with Gasteiger partial charge in [0.25, 0.3) is 0 Å². The highest BCUT2D eigenvalue weighted by atomic mass is 32.2. The molecule has 0 aliphatic rings. The van der Waals surface area contributed by atoms with E-state index in [4.69, 9.17) is 9.84 Å². The first-order chi connectivity index (χ1) is 8.53. The van der Waals surface area contributed by atoms with E-state index in [1.54, 1.807) is 23.5 Å². The molecule has 0 amide bonds. The highest BCUT2D eigenvalue weighted by molar-refractivity contribution is 8.17. The van der Waals surface area contributed by atoms with Gasteiger partial charge in [-0.3, -0.25) is 0 Å². The van der Waals surface area contributed by atoms with Gasteiger partial charge in [-0.15, -0.1) is 23.5 Å². The molecular formula is C11H24O5S2. The van der Waals surface area contributed by atoms with Crippen LogP contribution in [0.25, 0.3) is 0 Å². The Bertz CT molecular complexity index is 202. The van der Waals surface area contributed by atoms with E-state index in [0.29, 0.717) is 0 Å². The first-order valence-electron chi connectivity index (χ1n) is 5.94. The molecule has 0 aromatic rings. The Labute approximate surface area is 117 Å². The van der Waals surface area contributed by atoms with Gasteiger partial charge in [-0.2, -0.15) is 0 Å². The molecule has 0 unspecified atom stereocenters. The number of aliphatic hydroxyl groups is 4. The normalized spacial score (nSPS) is 18.7. The van der Waals surface area contributed by atoms with Crippen LogP contribution >= 0.6 is 23.5 Å². The van der Waals surface area contributed by atoms with Crippen LogP contribution in [0.15, 0.2) is 0 Å². The van der Waals surface area contributed by atoms with E-state index in [1.165, 1.54) is 7.11 Å². The molecule has 4 atom stereocenters. The van der Waals surface area contributed by atoms with E-state index in [9.17, 15) is 15.3 Å². The molecular weight excluding hydrogens is 276 g/mol. The summed E-state index contributed by atoms with van der Waals surface area (Å²) in [6.07, 6.45) is -4.47. The number of hydrogen-bond donors (Lipinski definition) is 4. The molecule has 0 aliphatic heterocycles. The van der Waals surface area contributed by atoms with Crippen molar-refractivity contribution < 1.29 is 25.2 Å². The molecule has 5 nitrogen and oxygen atoms in total. The van der Waals surface area contributed by atoms with Crippen molar-refractivity contribution in [2.24, 2.45) is 0 Å². The van der Waals surface area contributed by atoms with Crippen molar-refractivity contribution in [3.63, 3.8) is 0 Å². The fourth-order valence-corrected chi connectivity index (χ4v) is 4.10. The van der Waals surface area contributed by atoms with Crippen molar-refractivity contribution >= 4 is 23.5 Å². The van der Waals surface area contributed by atoms with Crippen LogP contribution in [0.4, 0.5) is 0 Å². The average molecular weight is 300 g/mol. The van der Waals surface area contributed by atoms with Gasteiger partial charge >= 0.3 is 0 Å². The number of ether oxygens (including phenoxy) is 1. The van der Waals surface area contributed by atoms with Gasteiger partial charge in [-0.25, -0.2) is 0 Å². The van der Waals surface area contributed by atoms with Gasteiger partial charge in [0.1, 0.15) is 24.4 Å². The van der Waals surface area contributed by atoms with E-state index in [1.807, 2.05) is 13.8 Å². The smallest absolute Gasteiger partial charge is 0.113 e. The lowest BCUT2D eigenvalue weighted by atomic mass is 10.0. The van der Waals surface area contributed by atoms with Gasteiger partial charge in [-0.05, 0) is 11.5 Å². The fourth-order valence-electron chi connectivity index (χ4n) is 1.54. The molecule has 0 fully saturated rings. The largest absolute Gasteiger partial charge is 0.394 e. The summed E-state index contributed by atoms with van der Waals surface area (Å²) in [7, 11) is 1.37. The van der Waals surface area contributed by atoms with E-state index in [2.05, 4.69) is 0 Å². The van der Waals surface area contributed by atoms with Gasteiger partial charge in [0.2, 0.25) is 0 Å². The van der Waals surface area contributed by atoms with Gasteiger partial charge < -0.3 is 25.2 Å². The molecule has 0 saturated heterocycles. The molecule has 0 rings (SSSR count). The number of hydrogen-bond acceptors (Lipinski definition) is 7. The predicted molar refractivity (Wildman–Crippen MR) is 76.0 cm³/mol. The van der Waals surface area contributed by atoms with Crippen molar-refractivity contribution in [1.82, 2.24) is 0 Å². The Hall–Kier alpha value is 0.500. The van der Waals surface area contributed by atoms with Gasteiger partial charge in [0, 0.05) is 7.11 Å². The maximum Gasteiger partial charge on any atom is 0.113 e. The SMILES string of the molecule is CCSC(SCC)[C@H](O)[C@@H](OC)[C@H](O)[C@H](O)CO. The van der Waals surface area contributed by atoms with Crippen LogP contribution < -0.4 is 0 Å². The summed E-state index contributed by atoms with van der Waals surface area (Å²) in [5.74, 6) is 1.67. The minimum Gasteiger partial charge on any atom is -0.394 e. The topological polar surface area (TPSA) is 90.2 Å². The minimum absolute atomic E-state index is 0.134. The molecule has 0 saturated carbocycles. The van der Waals surface area contributed by atoms with Crippen molar-refractivity contribution in [2.75, 3.05) is 25.2 Å². The van der Waals surface area contributed by atoms with Crippen LogP contribution in [0.1, 0.15) is 13.8 Å². The fraction of sp³-hybridized carbons (Fsp3) is 1.00. The minimum atomic E-state index is -1.32. The number of aliphatic hydroxyl groups excluding tert-OH is 4. The summed E-state index contributed by atoms with van der Waals surface area (Å²) in [6.45, 7) is 3.41. The molecule has 4 N–H and O–H groups in total. The first kappa shape index (κ1) is 18.5. The van der Waals surface area contributed by atoms with E-state index in [-0.39, 0.29) is 4.58 Å². The third kappa shape index (κ3) is 5.64. The third-order valence-corrected chi connectivity index (χ3v) is 5.17. The monoisotopic (exact) mass is 300 g/mol. The second-order valence-electron chi connectivity index (χ2n) is 3.71. The zero-order chi connectivity index (χ0) is 14.1.